The van der Waals surface area contributed by atoms with E-state index in [0.29, 0.717) is 0 Å². The summed E-state index contributed by atoms with van der Waals surface area (Å²) in [4.78, 5) is 41.5. The first-order valence-electron chi connectivity index (χ1n) is 3.62. The van der Waals surface area contributed by atoms with Crippen LogP contribution in [0.25, 0.3) is 0 Å². The van der Waals surface area contributed by atoms with Crippen LogP contribution < -0.4 is 29.6 Å². The van der Waals surface area contributed by atoms with Crippen molar-refractivity contribution < 1.29 is 70.6 Å². The van der Waals surface area contributed by atoms with E-state index in [1.54, 1.807) is 0 Å². The summed E-state index contributed by atoms with van der Waals surface area (Å²) >= 11 is 0. The van der Waals surface area contributed by atoms with Crippen molar-refractivity contribution in [3.8, 4) is 0 Å². The second kappa shape index (κ2) is 7.60. The molecule has 0 heterocycles. The summed E-state index contributed by atoms with van der Waals surface area (Å²) in [6, 6.07) is 0. The first-order valence-corrected chi connectivity index (χ1v) is 3.62. The molecule has 0 aromatic heterocycles. The number of hydrogen-bond donors (Lipinski definition) is 4. The molecular formula is C8H7NaO8. The molecule has 0 aliphatic carbocycles. The van der Waals surface area contributed by atoms with Gasteiger partial charge in [-0.2, -0.15) is 0 Å². The molecule has 17 heavy (non-hydrogen) atoms. The van der Waals surface area contributed by atoms with Crippen LogP contribution in [-0.4, -0.2) is 44.3 Å². The predicted molar refractivity (Wildman–Crippen MR) is 47.8 cm³/mol. The van der Waals surface area contributed by atoms with Gasteiger partial charge in [0.1, 0.15) is 0 Å². The van der Waals surface area contributed by atoms with Gasteiger partial charge in [-0.25, -0.2) is 19.2 Å². The van der Waals surface area contributed by atoms with Crippen molar-refractivity contribution in [1.29, 1.82) is 0 Å². The number of carboxylic acids is 4. The Morgan fingerprint density at radius 3 is 1.06 bits per heavy atom. The van der Waals surface area contributed by atoms with Crippen molar-refractivity contribution in [2.45, 2.75) is 0 Å². The van der Waals surface area contributed by atoms with Gasteiger partial charge in [0.05, 0.1) is 11.1 Å². The summed E-state index contributed by atoms with van der Waals surface area (Å²) < 4.78 is 0. The van der Waals surface area contributed by atoms with Crippen molar-refractivity contribution in [1.82, 2.24) is 0 Å². The molecule has 9 heteroatoms. The van der Waals surface area contributed by atoms with Gasteiger partial charge >= 0.3 is 53.4 Å². The molecule has 0 spiro atoms. The number of carbonyl (C=O) groups is 4. The molecule has 0 amide bonds. The van der Waals surface area contributed by atoms with E-state index in [-0.39, 0.29) is 43.1 Å². The average Bonchev–Trinajstić information content (AvgIpc) is 2.09. The second-order valence-corrected chi connectivity index (χ2v) is 2.40. The van der Waals surface area contributed by atoms with E-state index in [0.717, 1.165) is 0 Å². The van der Waals surface area contributed by atoms with Crippen LogP contribution in [0.2, 0.25) is 0 Å². The molecule has 8 nitrogen and oxygen atoms in total. The van der Waals surface area contributed by atoms with E-state index in [1.807, 2.05) is 0 Å². The van der Waals surface area contributed by atoms with Crippen LogP contribution in [-0.2, 0) is 19.2 Å². The van der Waals surface area contributed by atoms with Crippen LogP contribution in [0.4, 0.5) is 0 Å². The molecule has 0 aliphatic heterocycles. The SMILES string of the molecule is O=C(O)C=C(C(=O)O)C(=CC(=O)O)C(=O)O.[H-].[Na+]. The minimum absolute atomic E-state index is 0. The minimum atomic E-state index is -1.85. The van der Waals surface area contributed by atoms with Crippen LogP contribution >= 0.6 is 0 Å². The fraction of sp³-hybridized carbons (Fsp3) is 0. The molecule has 0 unspecified atom stereocenters. The number of carboxylic acid groups (broad SMARTS) is 4. The maximum Gasteiger partial charge on any atom is 1.00 e. The number of rotatable bonds is 5. The molecule has 0 aliphatic rings. The van der Waals surface area contributed by atoms with Crippen LogP contribution in [0.1, 0.15) is 1.43 Å². The summed E-state index contributed by atoms with van der Waals surface area (Å²) in [6.07, 6.45) is 0.205. The molecule has 0 atom stereocenters. The van der Waals surface area contributed by atoms with Crippen LogP contribution in [0.15, 0.2) is 23.3 Å². The summed E-state index contributed by atoms with van der Waals surface area (Å²) in [6.45, 7) is 0. The Morgan fingerprint density at radius 1 is 0.706 bits per heavy atom. The van der Waals surface area contributed by atoms with Crippen LogP contribution in [0, 0.1) is 0 Å². The Kier molecular flexibility index (Phi) is 7.94. The minimum Gasteiger partial charge on any atom is -1.00 e. The van der Waals surface area contributed by atoms with Crippen molar-refractivity contribution in [3.63, 3.8) is 0 Å². The van der Waals surface area contributed by atoms with Gasteiger partial charge in [0.15, 0.2) is 0 Å². The van der Waals surface area contributed by atoms with Crippen molar-refractivity contribution in [3.05, 3.63) is 23.3 Å². The monoisotopic (exact) mass is 254 g/mol. The molecule has 0 rings (SSSR count). The van der Waals surface area contributed by atoms with Crippen molar-refractivity contribution >= 4 is 23.9 Å². The molecule has 88 valence electrons. The van der Waals surface area contributed by atoms with Gasteiger partial charge < -0.3 is 21.9 Å². The maximum absolute atomic E-state index is 10.5. The Morgan fingerprint density at radius 2 is 0.941 bits per heavy atom. The van der Waals surface area contributed by atoms with Gasteiger partial charge in [-0.15, -0.1) is 0 Å². The first-order chi connectivity index (χ1) is 7.25. The fourth-order valence-corrected chi connectivity index (χ4v) is 0.756. The van der Waals surface area contributed by atoms with Gasteiger partial charge in [0.25, 0.3) is 0 Å². The van der Waals surface area contributed by atoms with E-state index >= 15 is 0 Å². The topological polar surface area (TPSA) is 149 Å². The Labute approximate surface area is 118 Å². The van der Waals surface area contributed by atoms with Gasteiger partial charge in [-0.1, -0.05) is 0 Å². The second-order valence-electron chi connectivity index (χ2n) is 2.40. The van der Waals surface area contributed by atoms with Gasteiger partial charge in [-0.05, 0) is 0 Å². The third-order valence-electron chi connectivity index (χ3n) is 1.29. The van der Waals surface area contributed by atoms with E-state index in [9.17, 15) is 19.2 Å². The molecule has 0 saturated heterocycles. The standard InChI is InChI=1S/C8H6O8.Na.H/c9-5(10)1-3(7(13)14)4(8(15)16)2-6(11)12;;/h1-2H,(H,9,10)(H,11,12)(H,13,14)(H,15,16);;/q;+1;-1. The summed E-state index contributed by atoms with van der Waals surface area (Å²) in [5, 5.41) is 33.6. The summed E-state index contributed by atoms with van der Waals surface area (Å²) in [7, 11) is 0. The Bertz CT molecular complexity index is 385. The third kappa shape index (κ3) is 6.51. The van der Waals surface area contributed by atoms with Crippen LogP contribution in [0.3, 0.4) is 0 Å². The molecule has 0 aromatic rings. The number of hydrogen-bond acceptors (Lipinski definition) is 4. The van der Waals surface area contributed by atoms with E-state index in [4.69, 9.17) is 20.4 Å². The largest absolute Gasteiger partial charge is 1.00 e. The molecule has 4 N–H and O–H groups in total. The molecular weight excluding hydrogens is 247 g/mol. The fourth-order valence-electron chi connectivity index (χ4n) is 0.756. The molecule has 0 radical (unpaired) electrons. The third-order valence-corrected chi connectivity index (χ3v) is 1.29. The Balaban J connectivity index is -0.00000112. The smallest absolute Gasteiger partial charge is 1.00 e. The zero-order valence-electron chi connectivity index (χ0n) is 9.58. The van der Waals surface area contributed by atoms with E-state index < -0.39 is 35.0 Å². The normalized spacial score (nSPS) is 11.3. The summed E-state index contributed by atoms with van der Waals surface area (Å²) in [5.74, 6) is -7.10. The Hall–Kier alpha value is -1.64. The first kappa shape index (κ1) is 17.7. The quantitative estimate of drug-likeness (QED) is 0.222. The molecule has 0 aromatic carbocycles. The predicted octanol–water partition coefficient (Wildman–Crippen LogP) is -3.71. The maximum atomic E-state index is 10.5. The summed E-state index contributed by atoms with van der Waals surface area (Å²) in [5.41, 5.74) is -2.25. The van der Waals surface area contributed by atoms with Gasteiger partial charge in [-0.3, -0.25) is 0 Å². The van der Waals surface area contributed by atoms with Gasteiger partial charge in [0, 0.05) is 12.2 Å². The van der Waals surface area contributed by atoms with Crippen LogP contribution in [0.5, 0.6) is 0 Å². The van der Waals surface area contributed by atoms with Crippen molar-refractivity contribution in [2.75, 3.05) is 0 Å². The van der Waals surface area contributed by atoms with Crippen molar-refractivity contribution in [2.24, 2.45) is 0 Å². The molecule has 0 bridgehead atoms. The zero-order valence-corrected chi connectivity index (χ0v) is 10.6. The van der Waals surface area contributed by atoms with Gasteiger partial charge in [0.2, 0.25) is 0 Å². The average molecular weight is 254 g/mol. The van der Waals surface area contributed by atoms with E-state index in [2.05, 4.69) is 0 Å². The molecule has 0 saturated carbocycles. The van der Waals surface area contributed by atoms with E-state index in [1.165, 1.54) is 0 Å². The zero-order chi connectivity index (χ0) is 12.9. The molecule has 0 fully saturated rings. The number of aliphatic carboxylic acids is 4.